The van der Waals surface area contributed by atoms with Gasteiger partial charge in [-0.15, -0.1) is 0 Å². The van der Waals surface area contributed by atoms with Crippen LogP contribution in [0.25, 0.3) is 0 Å². The van der Waals surface area contributed by atoms with E-state index in [0.29, 0.717) is 10.1 Å². The van der Waals surface area contributed by atoms with Crippen molar-refractivity contribution in [1.82, 2.24) is 14.5 Å². The van der Waals surface area contributed by atoms with E-state index >= 15 is 0 Å². The normalized spacial score (nSPS) is 10.2. The van der Waals surface area contributed by atoms with Crippen molar-refractivity contribution in [2.45, 2.75) is 13.8 Å². The van der Waals surface area contributed by atoms with Gasteiger partial charge in [0, 0.05) is 24.7 Å². The van der Waals surface area contributed by atoms with E-state index in [0.717, 1.165) is 17.8 Å². The maximum atomic E-state index is 12.5. The topological polar surface area (TPSA) is 120 Å². The first-order valence-electron chi connectivity index (χ1n) is 5.87. The summed E-state index contributed by atoms with van der Waals surface area (Å²) in [7, 11) is 0. The summed E-state index contributed by atoms with van der Waals surface area (Å²) in [5.41, 5.74) is 2.59. The van der Waals surface area contributed by atoms with E-state index in [1.807, 2.05) is 0 Å². The number of carbonyl (C=O) groups excluding carboxylic acids is 1. The van der Waals surface area contributed by atoms with Crippen LogP contribution in [0.5, 0.6) is 0 Å². The molecule has 0 atom stereocenters. The highest BCUT2D eigenvalue weighted by Gasteiger charge is 2.20. The molecular weight excluding hydrogens is 278 g/mol. The van der Waals surface area contributed by atoms with E-state index in [1.54, 1.807) is 25.5 Å². The highest BCUT2D eigenvalue weighted by molar-refractivity contribution is 5.98. The van der Waals surface area contributed by atoms with Crippen molar-refractivity contribution in [3.8, 4) is 0 Å². The number of hydrazine groups is 1. The van der Waals surface area contributed by atoms with Crippen LogP contribution in [0.15, 0.2) is 29.5 Å². The molecule has 0 unspecified atom stereocenters. The number of rotatable bonds is 3. The smallest absolute Gasteiger partial charge is 0.269 e. The summed E-state index contributed by atoms with van der Waals surface area (Å²) < 4.78 is 0.603. The van der Waals surface area contributed by atoms with Crippen LogP contribution in [-0.2, 0) is 0 Å². The largest absolute Gasteiger partial charge is 0.275 e. The van der Waals surface area contributed by atoms with E-state index in [2.05, 4.69) is 9.97 Å². The molecule has 108 valence electrons. The second kappa shape index (κ2) is 5.49. The monoisotopic (exact) mass is 289 g/mol. The predicted octanol–water partition coefficient (Wildman–Crippen LogP) is 0.547. The third-order valence-corrected chi connectivity index (χ3v) is 2.94. The first kappa shape index (κ1) is 14.3. The molecule has 0 radical (unpaired) electrons. The quantitative estimate of drug-likeness (QED) is 0.646. The van der Waals surface area contributed by atoms with Crippen LogP contribution < -0.4 is 11.0 Å². The van der Waals surface area contributed by atoms with Gasteiger partial charge < -0.3 is 0 Å². The minimum atomic E-state index is -0.896. The summed E-state index contributed by atoms with van der Waals surface area (Å²) in [6.07, 6.45) is 3.97. The third kappa shape index (κ3) is 2.76. The van der Waals surface area contributed by atoms with Gasteiger partial charge >= 0.3 is 0 Å². The van der Waals surface area contributed by atoms with Gasteiger partial charge in [-0.1, -0.05) is 5.43 Å². The Morgan fingerprint density at radius 1 is 1.38 bits per heavy atom. The summed E-state index contributed by atoms with van der Waals surface area (Å²) in [4.78, 5) is 42.4. The third-order valence-electron chi connectivity index (χ3n) is 2.94. The van der Waals surface area contributed by atoms with E-state index in [9.17, 15) is 19.7 Å². The number of aromatic nitrogens is 3. The van der Waals surface area contributed by atoms with Crippen molar-refractivity contribution >= 4 is 11.9 Å². The SMILES string of the molecule is Cc1cncc(C(=O)n2c(N[N+](=O)[O-])nccc2=O)c1C. The Kier molecular flexibility index (Phi) is 3.74. The maximum Gasteiger partial charge on any atom is 0.275 e. The average molecular weight is 289 g/mol. The number of hydrogen-bond acceptors (Lipinski definition) is 6. The Hall–Kier alpha value is -3.10. The van der Waals surface area contributed by atoms with Crippen LogP contribution in [0, 0.1) is 24.0 Å². The van der Waals surface area contributed by atoms with Gasteiger partial charge in [0.1, 0.15) is 0 Å². The summed E-state index contributed by atoms with van der Waals surface area (Å²) in [6.45, 7) is 3.47. The van der Waals surface area contributed by atoms with Crippen LogP contribution in [0.1, 0.15) is 21.5 Å². The summed E-state index contributed by atoms with van der Waals surface area (Å²) in [6, 6.07) is 1.04. The van der Waals surface area contributed by atoms with Crippen LogP contribution in [0.2, 0.25) is 0 Å². The molecule has 21 heavy (non-hydrogen) atoms. The molecule has 0 saturated heterocycles. The molecule has 0 bridgehead atoms. The first-order chi connectivity index (χ1) is 9.91. The number of hydrogen-bond donors (Lipinski definition) is 1. The second-order valence-electron chi connectivity index (χ2n) is 4.25. The van der Waals surface area contributed by atoms with Crippen molar-refractivity contribution in [2.24, 2.45) is 0 Å². The average Bonchev–Trinajstić information content (AvgIpc) is 2.41. The van der Waals surface area contributed by atoms with Gasteiger partial charge in [-0.25, -0.2) is 19.7 Å². The fourth-order valence-electron chi connectivity index (χ4n) is 1.73. The van der Waals surface area contributed by atoms with Crippen LogP contribution >= 0.6 is 0 Å². The lowest BCUT2D eigenvalue weighted by atomic mass is 10.1. The molecule has 0 spiro atoms. The molecule has 0 aliphatic rings. The zero-order valence-electron chi connectivity index (χ0n) is 11.2. The van der Waals surface area contributed by atoms with Crippen molar-refractivity contribution < 1.29 is 9.83 Å². The molecular formula is C12H11N5O4. The molecule has 0 fully saturated rings. The van der Waals surface area contributed by atoms with Crippen LogP contribution in [-0.4, -0.2) is 25.5 Å². The van der Waals surface area contributed by atoms with Crippen molar-refractivity contribution in [3.05, 3.63) is 61.8 Å². The fourth-order valence-corrected chi connectivity index (χ4v) is 1.73. The highest BCUT2D eigenvalue weighted by Crippen LogP contribution is 2.13. The molecule has 9 nitrogen and oxygen atoms in total. The summed E-state index contributed by atoms with van der Waals surface area (Å²) in [5.74, 6) is -1.19. The van der Waals surface area contributed by atoms with Crippen molar-refractivity contribution in [1.29, 1.82) is 0 Å². The minimum Gasteiger partial charge on any atom is -0.269 e. The van der Waals surface area contributed by atoms with Gasteiger partial charge in [0.25, 0.3) is 17.4 Å². The lowest BCUT2D eigenvalue weighted by molar-refractivity contribution is -0.446. The van der Waals surface area contributed by atoms with Gasteiger partial charge in [0.2, 0.25) is 0 Å². The van der Waals surface area contributed by atoms with Crippen LogP contribution in [0.4, 0.5) is 5.95 Å². The number of nitro groups is 1. The Balaban J connectivity index is 2.61. The molecule has 0 aromatic carbocycles. The van der Waals surface area contributed by atoms with Gasteiger partial charge in [-0.05, 0) is 25.0 Å². The van der Waals surface area contributed by atoms with E-state index in [4.69, 9.17) is 0 Å². The highest BCUT2D eigenvalue weighted by atomic mass is 16.7. The molecule has 9 heteroatoms. The summed E-state index contributed by atoms with van der Waals surface area (Å²) in [5, 5.41) is 9.63. The zero-order valence-corrected chi connectivity index (χ0v) is 11.2. The molecule has 2 aromatic rings. The Morgan fingerprint density at radius 3 is 2.76 bits per heavy atom. The molecule has 0 aliphatic carbocycles. The Labute approximate surface area is 118 Å². The minimum absolute atomic E-state index is 0.177. The molecule has 1 N–H and O–H groups in total. The number of pyridine rings is 1. The molecule has 0 aliphatic heterocycles. The van der Waals surface area contributed by atoms with Crippen molar-refractivity contribution in [3.63, 3.8) is 0 Å². The van der Waals surface area contributed by atoms with Crippen LogP contribution in [0.3, 0.4) is 0 Å². The fraction of sp³-hybridized carbons (Fsp3) is 0.167. The Morgan fingerprint density at radius 2 is 2.10 bits per heavy atom. The van der Waals surface area contributed by atoms with E-state index in [-0.39, 0.29) is 5.56 Å². The zero-order chi connectivity index (χ0) is 15.6. The van der Waals surface area contributed by atoms with Gasteiger partial charge in [-0.3, -0.25) is 14.6 Å². The predicted molar refractivity (Wildman–Crippen MR) is 72.6 cm³/mol. The molecule has 2 heterocycles. The van der Waals surface area contributed by atoms with Gasteiger partial charge in [0.05, 0.1) is 5.56 Å². The van der Waals surface area contributed by atoms with E-state index < -0.39 is 22.4 Å². The molecule has 2 aromatic heterocycles. The number of carbonyl (C=O) groups is 1. The molecule has 2 rings (SSSR count). The molecule has 0 amide bonds. The van der Waals surface area contributed by atoms with Gasteiger partial charge in [-0.2, -0.15) is 0 Å². The number of nitrogens with one attached hydrogen (secondary N) is 1. The lowest BCUT2D eigenvalue weighted by Crippen LogP contribution is -2.31. The standard InChI is InChI=1S/C12H11N5O4/c1-7-5-13-6-9(8(7)2)11(19)16-10(18)3-4-14-12(16)15-17(20)21/h3-6H,1-2H3,(H,14,15). The number of aryl methyl sites for hydroxylation is 1. The van der Waals surface area contributed by atoms with Gasteiger partial charge in [0.15, 0.2) is 5.03 Å². The van der Waals surface area contributed by atoms with E-state index in [1.165, 1.54) is 6.20 Å². The maximum absolute atomic E-state index is 12.5. The summed E-state index contributed by atoms with van der Waals surface area (Å²) >= 11 is 0. The lowest BCUT2D eigenvalue weighted by Gasteiger charge is -2.10. The molecule has 0 saturated carbocycles. The van der Waals surface area contributed by atoms with Crippen molar-refractivity contribution in [2.75, 3.05) is 5.43 Å². The first-order valence-corrected chi connectivity index (χ1v) is 5.87. The Bertz CT molecular complexity index is 783. The number of nitrogens with zero attached hydrogens (tertiary/aromatic N) is 4. The number of anilines is 1. The second-order valence-corrected chi connectivity index (χ2v) is 4.25.